The standard InChI is InChI=1S/C18H13N5O2/c19-10-12-3-1-4-13(9-12)21-18-20-8-7-16(23-18)22-14-5-2-6-15-17(14)25-11-24-15/h1-9H,11H2,(H2,20,21,22,23). The molecule has 2 heterocycles. The molecule has 0 aliphatic carbocycles. The van der Waals surface area contributed by atoms with Crippen LogP contribution in [0.15, 0.2) is 54.7 Å². The van der Waals surface area contributed by atoms with E-state index >= 15 is 0 Å². The number of hydrogen-bond acceptors (Lipinski definition) is 7. The van der Waals surface area contributed by atoms with Gasteiger partial charge in [0.2, 0.25) is 12.7 Å². The summed E-state index contributed by atoms with van der Waals surface area (Å²) in [5.41, 5.74) is 2.08. The lowest BCUT2D eigenvalue weighted by atomic mass is 10.2. The number of nitrogens with zero attached hydrogens (tertiary/aromatic N) is 3. The van der Waals surface area contributed by atoms with Gasteiger partial charge in [-0.05, 0) is 36.4 Å². The molecule has 0 amide bonds. The number of nitriles is 1. The number of aromatic nitrogens is 2. The lowest BCUT2D eigenvalue weighted by Crippen LogP contribution is -2.01. The maximum Gasteiger partial charge on any atom is 0.231 e. The predicted molar refractivity (Wildman–Crippen MR) is 92.3 cm³/mol. The van der Waals surface area contributed by atoms with Crippen LogP contribution in [0.25, 0.3) is 0 Å². The molecule has 0 bridgehead atoms. The SMILES string of the molecule is N#Cc1cccc(Nc2nccc(Nc3cccc4c3OCO4)n2)c1. The van der Waals surface area contributed by atoms with Crippen molar-refractivity contribution in [1.82, 2.24) is 9.97 Å². The molecule has 0 atom stereocenters. The molecule has 2 N–H and O–H groups in total. The van der Waals surface area contributed by atoms with Crippen molar-refractivity contribution in [3.8, 4) is 17.6 Å². The van der Waals surface area contributed by atoms with E-state index in [0.29, 0.717) is 28.8 Å². The van der Waals surface area contributed by atoms with E-state index in [2.05, 4.69) is 26.7 Å². The van der Waals surface area contributed by atoms with E-state index in [-0.39, 0.29) is 6.79 Å². The summed E-state index contributed by atoms with van der Waals surface area (Å²) in [6, 6.07) is 16.6. The summed E-state index contributed by atoms with van der Waals surface area (Å²) in [6.45, 7) is 0.208. The van der Waals surface area contributed by atoms with Gasteiger partial charge >= 0.3 is 0 Å². The highest BCUT2D eigenvalue weighted by atomic mass is 16.7. The largest absolute Gasteiger partial charge is 0.454 e. The van der Waals surface area contributed by atoms with Crippen molar-refractivity contribution in [3.63, 3.8) is 0 Å². The van der Waals surface area contributed by atoms with Gasteiger partial charge in [-0.25, -0.2) is 4.98 Å². The van der Waals surface area contributed by atoms with Gasteiger partial charge < -0.3 is 20.1 Å². The molecular weight excluding hydrogens is 318 g/mol. The maximum absolute atomic E-state index is 8.97. The summed E-state index contributed by atoms with van der Waals surface area (Å²) in [4.78, 5) is 8.63. The fourth-order valence-electron chi connectivity index (χ4n) is 2.45. The second kappa shape index (κ2) is 6.37. The van der Waals surface area contributed by atoms with Crippen LogP contribution in [0.4, 0.5) is 23.1 Å². The second-order valence-electron chi connectivity index (χ2n) is 5.25. The zero-order valence-electron chi connectivity index (χ0n) is 13.1. The molecule has 25 heavy (non-hydrogen) atoms. The van der Waals surface area contributed by atoms with Gasteiger partial charge in [0.15, 0.2) is 11.5 Å². The van der Waals surface area contributed by atoms with Crippen LogP contribution in [-0.4, -0.2) is 16.8 Å². The molecule has 0 saturated heterocycles. The van der Waals surface area contributed by atoms with Crippen LogP contribution in [0.5, 0.6) is 11.5 Å². The molecule has 1 aliphatic heterocycles. The molecule has 0 unspecified atom stereocenters. The van der Waals surface area contributed by atoms with E-state index in [9.17, 15) is 0 Å². The quantitative estimate of drug-likeness (QED) is 0.755. The molecule has 7 heteroatoms. The van der Waals surface area contributed by atoms with Crippen LogP contribution >= 0.6 is 0 Å². The van der Waals surface area contributed by atoms with Gasteiger partial charge in [-0.2, -0.15) is 10.2 Å². The first-order chi connectivity index (χ1) is 12.3. The Bertz CT molecular complexity index is 968. The van der Waals surface area contributed by atoms with Crippen molar-refractivity contribution in [2.75, 3.05) is 17.4 Å². The average molecular weight is 331 g/mol. The Morgan fingerprint density at radius 1 is 1.04 bits per heavy atom. The molecule has 7 nitrogen and oxygen atoms in total. The molecule has 0 spiro atoms. The maximum atomic E-state index is 8.97. The van der Waals surface area contributed by atoms with Crippen molar-refractivity contribution in [2.24, 2.45) is 0 Å². The first-order valence-electron chi connectivity index (χ1n) is 7.58. The summed E-state index contributed by atoms with van der Waals surface area (Å²) < 4.78 is 10.8. The number of ether oxygens (including phenoxy) is 2. The molecule has 1 aliphatic rings. The Hall–Kier alpha value is -3.79. The summed E-state index contributed by atoms with van der Waals surface area (Å²) in [6.07, 6.45) is 1.65. The second-order valence-corrected chi connectivity index (χ2v) is 5.25. The van der Waals surface area contributed by atoms with Crippen LogP contribution < -0.4 is 20.1 Å². The summed E-state index contributed by atoms with van der Waals surface area (Å²) in [7, 11) is 0. The van der Waals surface area contributed by atoms with Gasteiger partial charge in [-0.3, -0.25) is 0 Å². The number of anilines is 4. The van der Waals surface area contributed by atoms with Crippen molar-refractivity contribution in [3.05, 3.63) is 60.3 Å². The Labute approximate surface area is 143 Å². The van der Waals surface area contributed by atoms with Crippen LogP contribution in [0, 0.1) is 11.3 Å². The van der Waals surface area contributed by atoms with Crippen molar-refractivity contribution in [2.45, 2.75) is 0 Å². The molecule has 0 radical (unpaired) electrons. The molecule has 4 rings (SSSR count). The summed E-state index contributed by atoms with van der Waals surface area (Å²) in [5.74, 6) is 2.39. The lowest BCUT2D eigenvalue weighted by molar-refractivity contribution is 0.174. The molecular formula is C18H13N5O2. The zero-order valence-corrected chi connectivity index (χ0v) is 13.1. The van der Waals surface area contributed by atoms with E-state index in [1.165, 1.54) is 0 Å². The Balaban J connectivity index is 1.56. The summed E-state index contributed by atoms with van der Waals surface area (Å²) >= 11 is 0. The molecule has 2 aromatic carbocycles. The fraction of sp³-hybridized carbons (Fsp3) is 0.0556. The first-order valence-corrected chi connectivity index (χ1v) is 7.58. The molecule has 0 fully saturated rings. The third-order valence-corrected chi connectivity index (χ3v) is 3.56. The fourth-order valence-corrected chi connectivity index (χ4v) is 2.45. The lowest BCUT2D eigenvalue weighted by Gasteiger charge is -2.10. The third-order valence-electron chi connectivity index (χ3n) is 3.56. The number of para-hydroxylation sites is 1. The van der Waals surface area contributed by atoms with Crippen LogP contribution in [0.1, 0.15) is 5.56 Å². The van der Waals surface area contributed by atoms with Crippen LogP contribution in [0.3, 0.4) is 0 Å². The number of benzene rings is 2. The topological polar surface area (TPSA) is 92.1 Å². The summed E-state index contributed by atoms with van der Waals surface area (Å²) in [5, 5.41) is 15.3. The van der Waals surface area contributed by atoms with Crippen LogP contribution in [-0.2, 0) is 0 Å². The first kappa shape index (κ1) is 14.8. The van der Waals surface area contributed by atoms with Gasteiger partial charge in [-0.15, -0.1) is 0 Å². The third kappa shape index (κ3) is 3.14. The number of rotatable bonds is 4. The number of fused-ring (bicyclic) bond motifs is 1. The molecule has 0 saturated carbocycles. The molecule has 122 valence electrons. The van der Waals surface area contributed by atoms with Crippen molar-refractivity contribution >= 4 is 23.1 Å². The van der Waals surface area contributed by atoms with Crippen molar-refractivity contribution in [1.29, 1.82) is 5.26 Å². The highest BCUT2D eigenvalue weighted by molar-refractivity contribution is 5.69. The smallest absolute Gasteiger partial charge is 0.231 e. The van der Waals surface area contributed by atoms with E-state index in [4.69, 9.17) is 14.7 Å². The van der Waals surface area contributed by atoms with E-state index in [1.54, 1.807) is 30.5 Å². The minimum Gasteiger partial charge on any atom is -0.454 e. The molecule has 1 aromatic heterocycles. The minimum atomic E-state index is 0.208. The zero-order chi connectivity index (χ0) is 17.1. The Morgan fingerprint density at radius 3 is 2.88 bits per heavy atom. The van der Waals surface area contributed by atoms with Crippen molar-refractivity contribution < 1.29 is 9.47 Å². The van der Waals surface area contributed by atoms with Gasteiger partial charge in [0, 0.05) is 11.9 Å². The predicted octanol–water partition coefficient (Wildman–Crippen LogP) is 3.56. The number of nitrogens with one attached hydrogen (secondary N) is 2. The Kier molecular flexibility index (Phi) is 3.77. The highest BCUT2D eigenvalue weighted by Crippen LogP contribution is 2.39. The normalized spacial score (nSPS) is 11.6. The Morgan fingerprint density at radius 2 is 1.96 bits per heavy atom. The number of hydrogen-bond donors (Lipinski definition) is 2. The van der Waals surface area contributed by atoms with E-state index in [1.807, 2.05) is 24.3 Å². The minimum absolute atomic E-state index is 0.208. The van der Waals surface area contributed by atoms with E-state index < -0.39 is 0 Å². The highest BCUT2D eigenvalue weighted by Gasteiger charge is 2.17. The van der Waals surface area contributed by atoms with Gasteiger partial charge in [0.1, 0.15) is 5.82 Å². The monoisotopic (exact) mass is 331 g/mol. The molecule has 3 aromatic rings. The van der Waals surface area contributed by atoms with Gasteiger partial charge in [0.25, 0.3) is 0 Å². The average Bonchev–Trinajstić information content (AvgIpc) is 3.12. The van der Waals surface area contributed by atoms with Gasteiger partial charge in [0.05, 0.1) is 17.3 Å². The van der Waals surface area contributed by atoms with Crippen LogP contribution in [0.2, 0.25) is 0 Å². The van der Waals surface area contributed by atoms with E-state index in [0.717, 1.165) is 11.4 Å². The van der Waals surface area contributed by atoms with Gasteiger partial charge in [-0.1, -0.05) is 12.1 Å².